The van der Waals surface area contributed by atoms with Gasteiger partial charge in [-0.15, -0.1) is 0 Å². The highest BCUT2D eigenvalue weighted by molar-refractivity contribution is 4.78. The van der Waals surface area contributed by atoms with Crippen LogP contribution in [0.25, 0.3) is 0 Å². The van der Waals surface area contributed by atoms with Crippen LogP contribution in [0.2, 0.25) is 0 Å². The molecule has 3 nitrogen and oxygen atoms in total. The van der Waals surface area contributed by atoms with Crippen molar-refractivity contribution in [3.8, 4) is 0 Å². The smallest absolute Gasteiger partial charge is 0.0826 e. The number of likely N-dealkylation sites (N-methyl/N-ethyl adjacent to an activating group) is 1. The standard InChI is InChI=1S/C14H28N2O/c1-3-16-7-8-17-14(11-16)10-15-12(2)9-13-5-4-6-13/h12-15H,3-11H2,1-2H3. The molecule has 1 N–H and O–H groups in total. The lowest BCUT2D eigenvalue weighted by Gasteiger charge is -2.34. The highest BCUT2D eigenvalue weighted by Crippen LogP contribution is 2.30. The molecular formula is C14H28N2O. The zero-order valence-corrected chi connectivity index (χ0v) is 11.5. The first kappa shape index (κ1) is 13.3. The lowest BCUT2D eigenvalue weighted by atomic mass is 9.81. The van der Waals surface area contributed by atoms with E-state index in [1.807, 2.05) is 0 Å². The monoisotopic (exact) mass is 240 g/mol. The van der Waals surface area contributed by atoms with Gasteiger partial charge in [-0.2, -0.15) is 0 Å². The molecule has 100 valence electrons. The first-order valence-electron chi connectivity index (χ1n) is 7.35. The van der Waals surface area contributed by atoms with E-state index in [-0.39, 0.29) is 0 Å². The third-order valence-electron chi connectivity index (χ3n) is 4.28. The van der Waals surface area contributed by atoms with Crippen LogP contribution in [-0.4, -0.2) is 49.8 Å². The molecule has 2 rings (SSSR count). The van der Waals surface area contributed by atoms with Crippen molar-refractivity contribution in [2.24, 2.45) is 5.92 Å². The van der Waals surface area contributed by atoms with Crippen LogP contribution in [0.5, 0.6) is 0 Å². The van der Waals surface area contributed by atoms with Gasteiger partial charge in [-0.3, -0.25) is 4.90 Å². The average molecular weight is 240 g/mol. The number of nitrogens with one attached hydrogen (secondary N) is 1. The SMILES string of the molecule is CCN1CCOC(CNC(C)CC2CCC2)C1. The maximum atomic E-state index is 5.80. The number of hydrogen-bond acceptors (Lipinski definition) is 3. The third kappa shape index (κ3) is 4.23. The van der Waals surface area contributed by atoms with Gasteiger partial charge in [-0.1, -0.05) is 26.2 Å². The van der Waals surface area contributed by atoms with Gasteiger partial charge in [-0.05, 0) is 25.8 Å². The molecule has 1 aliphatic heterocycles. The molecule has 0 amide bonds. The summed E-state index contributed by atoms with van der Waals surface area (Å²) in [4.78, 5) is 2.48. The Morgan fingerprint density at radius 3 is 2.88 bits per heavy atom. The minimum Gasteiger partial charge on any atom is -0.374 e. The highest BCUT2D eigenvalue weighted by Gasteiger charge is 2.22. The molecule has 2 atom stereocenters. The summed E-state index contributed by atoms with van der Waals surface area (Å²) in [5.74, 6) is 0.997. The van der Waals surface area contributed by atoms with E-state index in [0.717, 1.165) is 38.7 Å². The molecular weight excluding hydrogens is 212 g/mol. The quantitative estimate of drug-likeness (QED) is 0.767. The Morgan fingerprint density at radius 2 is 2.24 bits per heavy atom. The molecule has 17 heavy (non-hydrogen) atoms. The van der Waals surface area contributed by atoms with E-state index in [1.165, 1.54) is 25.7 Å². The van der Waals surface area contributed by atoms with Gasteiger partial charge < -0.3 is 10.1 Å². The minimum atomic E-state index is 0.396. The predicted molar refractivity (Wildman–Crippen MR) is 71.3 cm³/mol. The maximum Gasteiger partial charge on any atom is 0.0826 e. The fourth-order valence-corrected chi connectivity index (χ4v) is 2.84. The maximum absolute atomic E-state index is 5.80. The number of rotatable bonds is 6. The van der Waals surface area contributed by atoms with E-state index < -0.39 is 0 Å². The molecule has 0 spiro atoms. The molecule has 1 heterocycles. The molecule has 1 aliphatic carbocycles. The number of morpholine rings is 1. The average Bonchev–Trinajstić information content (AvgIpc) is 2.31. The number of ether oxygens (including phenoxy) is 1. The third-order valence-corrected chi connectivity index (χ3v) is 4.28. The van der Waals surface area contributed by atoms with E-state index in [4.69, 9.17) is 4.74 Å². The van der Waals surface area contributed by atoms with Crippen LogP contribution in [-0.2, 0) is 4.74 Å². The summed E-state index contributed by atoms with van der Waals surface area (Å²) in [5.41, 5.74) is 0. The van der Waals surface area contributed by atoms with Gasteiger partial charge >= 0.3 is 0 Å². The Bertz CT molecular complexity index is 218. The number of hydrogen-bond donors (Lipinski definition) is 1. The van der Waals surface area contributed by atoms with Gasteiger partial charge in [0.25, 0.3) is 0 Å². The lowest BCUT2D eigenvalue weighted by molar-refractivity contribution is -0.0265. The van der Waals surface area contributed by atoms with E-state index in [2.05, 4.69) is 24.1 Å². The minimum absolute atomic E-state index is 0.396. The van der Waals surface area contributed by atoms with Crippen molar-refractivity contribution in [2.75, 3.05) is 32.8 Å². The molecule has 2 unspecified atom stereocenters. The summed E-state index contributed by atoms with van der Waals surface area (Å²) in [6, 6.07) is 0.654. The summed E-state index contributed by atoms with van der Waals surface area (Å²) >= 11 is 0. The molecule has 1 saturated heterocycles. The molecule has 2 aliphatic rings. The van der Waals surface area contributed by atoms with Crippen LogP contribution in [0.3, 0.4) is 0 Å². The van der Waals surface area contributed by atoms with Crippen LogP contribution in [0.15, 0.2) is 0 Å². The van der Waals surface area contributed by atoms with Gasteiger partial charge in [0.05, 0.1) is 12.7 Å². The second-order valence-corrected chi connectivity index (χ2v) is 5.73. The van der Waals surface area contributed by atoms with Crippen LogP contribution in [0.1, 0.15) is 39.5 Å². The molecule has 3 heteroatoms. The van der Waals surface area contributed by atoms with E-state index in [1.54, 1.807) is 0 Å². The summed E-state index contributed by atoms with van der Waals surface area (Å²) < 4.78 is 5.80. The lowest BCUT2D eigenvalue weighted by Crippen LogP contribution is -2.48. The fourth-order valence-electron chi connectivity index (χ4n) is 2.84. The van der Waals surface area contributed by atoms with E-state index in [0.29, 0.717) is 12.1 Å². The zero-order chi connectivity index (χ0) is 12.1. The number of nitrogens with zero attached hydrogens (tertiary/aromatic N) is 1. The second kappa shape index (κ2) is 6.72. The Labute approximate surface area is 106 Å². The summed E-state index contributed by atoms with van der Waals surface area (Å²) in [6.45, 7) is 9.82. The van der Waals surface area contributed by atoms with Crippen molar-refractivity contribution >= 4 is 0 Å². The highest BCUT2D eigenvalue weighted by atomic mass is 16.5. The van der Waals surface area contributed by atoms with Gasteiger partial charge in [0.1, 0.15) is 0 Å². The van der Waals surface area contributed by atoms with Crippen molar-refractivity contribution in [3.63, 3.8) is 0 Å². The molecule has 0 radical (unpaired) electrons. The van der Waals surface area contributed by atoms with Gasteiger partial charge in [-0.25, -0.2) is 0 Å². The first-order chi connectivity index (χ1) is 8.28. The van der Waals surface area contributed by atoms with Gasteiger partial charge in [0.2, 0.25) is 0 Å². The molecule has 1 saturated carbocycles. The topological polar surface area (TPSA) is 24.5 Å². The van der Waals surface area contributed by atoms with Crippen LogP contribution in [0.4, 0.5) is 0 Å². The first-order valence-corrected chi connectivity index (χ1v) is 7.35. The second-order valence-electron chi connectivity index (χ2n) is 5.73. The molecule has 0 aromatic rings. The molecule has 0 bridgehead atoms. The normalized spacial score (nSPS) is 28.9. The van der Waals surface area contributed by atoms with Crippen molar-refractivity contribution in [1.29, 1.82) is 0 Å². The Morgan fingerprint density at radius 1 is 1.41 bits per heavy atom. The molecule has 0 aromatic carbocycles. The fraction of sp³-hybridized carbons (Fsp3) is 1.00. The van der Waals surface area contributed by atoms with Crippen LogP contribution < -0.4 is 5.32 Å². The van der Waals surface area contributed by atoms with Crippen molar-refractivity contribution in [1.82, 2.24) is 10.2 Å². The molecule has 0 aromatic heterocycles. The van der Waals surface area contributed by atoms with Gasteiger partial charge in [0, 0.05) is 25.7 Å². The van der Waals surface area contributed by atoms with Crippen LogP contribution >= 0.6 is 0 Å². The summed E-state index contributed by atoms with van der Waals surface area (Å²) in [6.07, 6.45) is 6.11. The van der Waals surface area contributed by atoms with Gasteiger partial charge in [0.15, 0.2) is 0 Å². The Kier molecular flexibility index (Phi) is 5.26. The summed E-state index contributed by atoms with van der Waals surface area (Å²) in [5, 5.41) is 3.64. The van der Waals surface area contributed by atoms with Crippen molar-refractivity contribution in [3.05, 3.63) is 0 Å². The predicted octanol–water partition coefficient (Wildman–Crippen LogP) is 1.88. The molecule has 2 fully saturated rings. The Hall–Kier alpha value is -0.120. The van der Waals surface area contributed by atoms with Crippen molar-refractivity contribution < 1.29 is 4.74 Å². The van der Waals surface area contributed by atoms with Crippen molar-refractivity contribution in [2.45, 2.75) is 51.7 Å². The Balaban J connectivity index is 1.59. The van der Waals surface area contributed by atoms with Crippen LogP contribution in [0, 0.1) is 5.92 Å². The zero-order valence-electron chi connectivity index (χ0n) is 11.5. The summed E-state index contributed by atoms with van der Waals surface area (Å²) in [7, 11) is 0. The van der Waals surface area contributed by atoms with E-state index in [9.17, 15) is 0 Å². The van der Waals surface area contributed by atoms with E-state index >= 15 is 0 Å². The largest absolute Gasteiger partial charge is 0.374 e.